The predicted octanol–water partition coefficient (Wildman–Crippen LogP) is 6.05. The highest BCUT2D eigenvalue weighted by atomic mass is 32.1. The van der Waals surface area contributed by atoms with Crippen molar-refractivity contribution in [2.24, 2.45) is 0 Å². The average molecular weight is 631 g/mol. The molecule has 2 aromatic heterocycles. The highest BCUT2D eigenvalue weighted by Gasteiger charge is 2.56. The van der Waals surface area contributed by atoms with Gasteiger partial charge in [-0.3, -0.25) is 14.6 Å². The van der Waals surface area contributed by atoms with Crippen molar-refractivity contribution in [3.8, 4) is 10.8 Å². The number of amides is 2. The number of para-hydroxylation sites is 2. The minimum atomic E-state index is -4.73. The van der Waals surface area contributed by atoms with E-state index in [1.165, 1.54) is 16.2 Å². The number of likely N-dealkylation sites (tertiary alicyclic amines) is 1. The lowest BCUT2D eigenvalue weighted by Gasteiger charge is -2.50. The van der Waals surface area contributed by atoms with Crippen LogP contribution in [0, 0.1) is 6.92 Å². The van der Waals surface area contributed by atoms with Crippen molar-refractivity contribution in [2.45, 2.75) is 57.3 Å². The molecule has 0 N–H and O–H groups in total. The zero-order chi connectivity index (χ0) is 31.5. The fourth-order valence-electron chi connectivity index (χ4n) is 6.33. The summed E-state index contributed by atoms with van der Waals surface area (Å²) in [5.41, 5.74) is -2.09. The summed E-state index contributed by atoms with van der Waals surface area (Å²) >= 11 is 1.40. The number of carbonyl (C=O) groups excluding carboxylic acids is 2. The number of pyridine rings is 1. The number of ether oxygens (including phenoxy) is 2. The number of alkyl halides is 3. The minimum Gasteiger partial charge on any atom is -0.495 e. The molecule has 0 bridgehead atoms. The molecule has 2 atom stereocenters. The van der Waals surface area contributed by atoms with Gasteiger partial charge in [-0.05, 0) is 50.1 Å². The third-order valence-electron chi connectivity index (χ3n) is 8.39. The number of benzene rings is 1. The Hall–Kier alpha value is -3.80. The van der Waals surface area contributed by atoms with E-state index in [4.69, 9.17) is 9.47 Å². The minimum absolute atomic E-state index is 0.207. The first kappa shape index (κ1) is 31.6. The number of hydrogen-bond acceptors (Lipinski definition) is 7. The van der Waals surface area contributed by atoms with Crippen LogP contribution in [0.4, 0.5) is 18.9 Å². The molecule has 5 rings (SSSR count). The Bertz CT molecular complexity index is 1470. The van der Waals surface area contributed by atoms with Crippen LogP contribution in [-0.2, 0) is 11.0 Å². The molecular weight excluding hydrogens is 593 g/mol. The summed E-state index contributed by atoms with van der Waals surface area (Å²) in [6, 6.07) is 11.5. The van der Waals surface area contributed by atoms with E-state index in [1.54, 1.807) is 18.1 Å². The summed E-state index contributed by atoms with van der Waals surface area (Å²) in [5, 5.41) is 0.538. The first-order valence-electron chi connectivity index (χ1n) is 14.8. The second kappa shape index (κ2) is 13.1. The van der Waals surface area contributed by atoms with Gasteiger partial charge in [-0.25, -0.2) is 0 Å². The zero-order valence-electron chi connectivity index (χ0n) is 25.1. The largest absolute Gasteiger partial charge is 0.495 e. The number of methoxy groups -OCH3 is 1. The van der Waals surface area contributed by atoms with Crippen molar-refractivity contribution < 1.29 is 32.2 Å². The lowest BCUT2D eigenvalue weighted by Crippen LogP contribution is -2.69. The van der Waals surface area contributed by atoms with E-state index in [9.17, 15) is 22.8 Å². The topological polar surface area (TPSA) is 75.2 Å². The van der Waals surface area contributed by atoms with Crippen LogP contribution in [0.25, 0.3) is 0 Å². The maximum Gasteiger partial charge on any atom is 0.417 e. The molecule has 0 saturated carbocycles. The van der Waals surface area contributed by atoms with Gasteiger partial charge in [0.15, 0.2) is 5.06 Å². The van der Waals surface area contributed by atoms with Crippen LogP contribution in [-0.4, -0.2) is 78.1 Å². The normalized spacial score (nSPS) is 20.9. The van der Waals surface area contributed by atoms with Crippen LogP contribution in [0.15, 0.2) is 54.9 Å². The molecule has 8 nitrogen and oxygen atoms in total. The second-order valence-electron chi connectivity index (χ2n) is 11.1. The number of halogens is 3. The van der Waals surface area contributed by atoms with Crippen LogP contribution in [0.2, 0.25) is 0 Å². The molecule has 2 aliphatic heterocycles. The van der Waals surface area contributed by atoms with E-state index < -0.39 is 34.9 Å². The third kappa shape index (κ3) is 6.22. The van der Waals surface area contributed by atoms with Crippen molar-refractivity contribution in [3.63, 3.8) is 0 Å². The highest BCUT2D eigenvalue weighted by molar-refractivity contribution is 7.13. The molecule has 1 aromatic carbocycles. The lowest BCUT2D eigenvalue weighted by atomic mass is 9.79. The van der Waals surface area contributed by atoms with Crippen molar-refractivity contribution in [3.05, 3.63) is 70.9 Å². The molecule has 2 amide bonds. The maximum atomic E-state index is 14.7. The molecule has 236 valence electrons. The van der Waals surface area contributed by atoms with E-state index in [2.05, 4.69) is 9.88 Å². The quantitative estimate of drug-likeness (QED) is 0.302. The summed E-state index contributed by atoms with van der Waals surface area (Å²) < 4.78 is 54.0. The van der Waals surface area contributed by atoms with Gasteiger partial charge >= 0.3 is 6.18 Å². The highest BCUT2D eigenvalue weighted by Crippen LogP contribution is 2.41. The van der Waals surface area contributed by atoms with E-state index in [0.717, 1.165) is 34.8 Å². The molecule has 0 aliphatic carbocycles. The summed E-state index contributed by atoms with van der Waals surface area (Å²) in [5.74, 6) is -0.299. The van der Waals surface area contributed by atoms with Gasteiger partial charge in [-0.15, -0.1) is 11.3 Å². The Morgan fingerprint density at radius 1 is 1.07 bits per heavy atom. The monoisotopic (exact) mass is 630 g/mol. The number of piperidine rings is 1. The average Bonchev–Trinajstić information content (AvgIpc) is 3.44. The molecule has 0 spiro atoms. The summed E-state index contributed by atoms with van der Waals surface area (Å²) in [4.78, 5) is 38.8. The molecule has 44 heavy (non-hydrogen) atoms. The number of nitrogens with zero attached hydrogens (tertiary/aromatic N) is 4. The van der Waals surface area contributed by atoms with Crippen LogP contribution in [0.5, 0.6) is 10.8 Å². The summed E-state index contributed by atoms with van der Waals surface area (Å²) in [7, 11) is 1.62. The van der Waals surface area contributed by atoms with Crippen molar-refractivity contribution in [2.75, 3.05) is 44.7 Å². The number of piperazine rings is 1. The van der Waals surface area contributed by atoms with Crippen LogP contribution in [0.1, 0.15) is 53.4 Å². The molecule has 2 saturated heterocycles. The van der Waals surface area contributed by atoms with Crippen LogP contribution >= 0.6 is 11.3 Å². The van der Waals surface area contributed by atoms with Gasteiger partial charge < -0.3 is 24.2 Å². The number of anilines is 1. The molecule has 3 aromatic rings. The summed E-state index contributed by atoms with van der Waals surface area (Å²) in [6.45, 7) is 6.03. The molecular formula is C32H37F3N4O4S. The maximum absolute atomic E-state index is 14.7. The van der Waals surface area contributed by atoms with Crippen LogP contribution < -0.4 is 14.4 Å². The number of aromatic nitrogens is 1. The number of aryl methyl sites for hydroxylation is 1. The number of rotatable bonds is 8. The van der Waals surface area contributed by atoms with E-state index in [-0.39, 0.29) is 12.5 Å². The molecule has 12 heteroatoms. The molecule has 0 unspecified atom stereocenters. The second-order valence-corrected chi connectivity index (χ2v) is 12.4. The predicted molar refractivity (Wildman–Crippen MR) is 162 cm³/mol. The number of thiophene rings is 1. The molecule has 4 heterocycles. The lowest BCUT2D eigenvalue weighted by molar-refractivity contribution is -0.159. The fourth-order valence-corrected chi connectivity index (χ4v) is 7.11. The standard InChI is InChI=1S/C32H37F3N4O4S/c1-4-8-27-31(43-28-12-11-22(2)44-28,14-7-16-39(27)29(40)23-21-36-15-13-24(23)32(33,34)35)30(41)38-19-17-37(18-20-38)25-9-5-6-10-26(25)42-3/h5-6,9-13,15,21,27H,4,7-8,14,16-20H2,1-3H3/t27-,31+/m1/s1. The first-order valence-corrected chi connectivity index (χ1v) is 15.7. The van der Waals surface area contributed by atoms with Gasteiger partial charge in [0.1, 0.15) is 5.75 Å². The van der Waals surface area contributed by atoms with Gasteiger partial charge in [0.25, 0.3) is 11.8 Å². The Morgan fingerprint density at radius 2 is 1.82 bits per heavy atom. The van der Waals surface area contributed by atoms with Gasteiger partial charge in [0.05, 0.1) is 30.0 Å². The summed E-state index contributed by atoms with van der Waals surface area (Å²) in [6.07, 6.45) is -1.04. The van der Waals surface area contributed by atoms with Crippen molar-refractivity contribution in [1.82, 2.24) is 14.8 Å². The van der Waals surface area contributed by atoms with E-state index in [0.29, 0.717) is 56.9 Å². The van der Waals surface area contributed by atoms with Gasteiger partial charge in [-0.2, -0.15) is 13.2 Å². The Labute approximate surface area is 259 Å². The third-order valence-corrected chi connectivity index (χ3v) is 9.27. The van der Waals surface area contributed by atoms with Crippen molar-refractivity contribution in [1.29, 1.82) is 0 Å². The zero-order valence-corrected chi connectivity index (χ0v) is 25.9. The van der Waals surface area contributed by atoms with Crippen molar-refractivity contribution >= 4 is 28.8 Å². The Morgan fingerprint density at radius 3 is 2.48 bits per heavy atom. The molecule has 2 fully saturated rings. The fraction of sp³-hybridized carbons (Fsp3) is 0.469. The number of carbonyl (C=O) groups is 2. The molecule has 2 aliphatic rings. The van der Waals surface area contributed by atoms with Gasteiger partial charge in [0, 0.05) is 56.4 Å². The number of hydrogen-bond donors (Lipinski definition) is 0. The van der Waals surface area contributed by atoms with Crippen LogP contribution in [0.3, 0.4) is 0 Å². The Balaban J connectivity index is 1.49. The molecule has 0 radical (unpaired) electrons. The van der Waals surface area contributed by atoms with Gasteiger partial charge in [-0.1, -0.05) is 25.5 Å². The first-order chi connectivity index (χ1) is 21.1. The van der Waals surface area contributed by atoms with E-state index in [1.807, 2.05) is 44.2 Å². The SMILES string of the molecule is CCC[C@H]1N(C(=O)c2cnccc2C(F)(F)F)CCC[C@@]1(Oc1ccc(C)s1)C(=O)N1CCN(c2ccccc2OC)CC1. The smallest absolute Gasteiger partial charge is 0.417 e. The Kier molecular flexibility index (Phi) is 9.38. The van der Waals surface area contributed by atoms with E-state index >= 15 is 0 Å². The van der Waals surface area contributed by atoms with Gasteiger partial charge in [0.2, 0.25) is 5.60 Å².